The van der Waals surface area contributed by atoms with E-state index in [1.165, 1.54) is 11.3 Å². The van der Waals surface area contributed by atoms with Crippen LogP contribution in [0.5, 0.6) is 0 Å². The molecule has 1 aromatic carbocycles. The minimum atomic E-state index is -4.58. The Morgan fingerprint density at radius 3 is 2.28 bits per heavy atom. The minimum Gasteiger partial charge on any atom is -0.479 e. The van der Waals surface area contributed by atoms with Gasteiger partial charge in [-0.2, -0.15) is 13.2 Å². The Balaban J connectivity index is 2.17. The lowest BCUT2D eigenvalue weighted by atomic mass is 9.83. The summed E-state index contributed by atoms with van der Waals surface area (Å²) in [4.78, 5) is 40.3. The average Bonchev–Trinajstić information content (AvgIpc) is 3.33. The topological polar surface area (TPSA) is 101 Å². The standard InChI is InChI=1S/C22H23F3N2O4S/c1-12(2)10-21(20(30)31)11-15(18(26)28)17(16-4-3-9-32-16)27(21)19(29)13-5-7-14(8-6-13)22(23,24)25/h3-9,12,15,17H,10-11H2,1-2H3,(H2,26,28)(H,30,31)/t15-,17+,21-/m0/s1. The van der Waals surface area contributed by atoms with E-state index in [0.29, 0.717) is 4.88 Å². The smallest absolute Gasteiger partial charge is 0.416 e. The Bertz CT molecular complexity index is 1010. The summed E-state index contributed by atoms with van der Waals surface area (Å²) in [6, 6.07) is 6.07. The number of alkyl halides is 3. The van der Waals surface area contributed by atoms with Crippen LogP contribution in [0.3, 0.4) is 0 Å². The molecule has 1 saturated heterocycles. The molecule has 0 spiro atoms. The first-order valence-electron chi connectivity index (χ1n) is 9.95. The molecule has 2 aromatic rings. The normalized spacial score (nSPS) is 23.5. The van der Waals surface area contributed by atoms with E-state index < -0.39 is 47.0 Å². The summed E-state index contributed by atoms with van der Waals surface area (Å²) in [5.74, 6) is -3.88. The first-order valence-corrected chi connectivity index (χ1v) is 10.8. The van der Waals surface area contributed by atoms with Crippen LogP contribution in [0.2, 0.25) is 0 Å². The lowest BCUT2D eigenvalue weighted by Crippen LogP contribution is -2.54. The number of hydrogen-bond acceptors (Lipinski definition) is 4. The number of hydrogen-bond donors (Lipinski definition) is 2. The number of primary amides is 1. The quantitative estimate of drug-likeness (QED) is 0.659. The molecule has 10 heteroatoms. The SMILES string of the molecule is CC(C)C[C@@]1(C(=O)O)C[C@H](C(N)=O)[C@H](c2cccs2)N1C(=O)c1ccc(C(F)(F)F)cc1. The number of halogens is 3. The predicted octanol–water partition coefficient (Wildman–Crippen LogP) is 4.33. The Morgan fingerprint density at radius 1 is 1.22 bits per heavy atom. The number of rotatable bonds is 6. The number of thiophene rings is 1. The van der Waals surface area contributed by atoms with E-state index in [1.807, 2.05) is 0 Å². The van der Waals surface area contributed by atoms with Gasteiger partial charge in [0.25, 0.3) is 5.91 Å². The fourth-order valence-corrected chi connectivity index (χ4v) is 5.34. The third kappa shape index (κ3) is 4.23. The zero-order valence-electron chi connectivity index (χ0n) is 17.4. The summed E-state index contributed by atoms with van der Waals surface area (Å²) < 4.78 is 38.9. The third-order valence-electron chi connectivity index (χ3n) is 5.70. The van der Waals surface area contributed by atoms with Gasteiger partial charge in [0.05, 0.1) is 17.5 Å². The molecule has 1 fully saturated rings. The van der Waals surface area contributed by atoms with E-state index in [4.69, 9.17) is 5.73 Å². The maximum Gasteiger partial charge on any atom is 0.416 e. The Morgan fingerprint density at radius 2 is 1.84 bits per heavy atom. The number of nitrogens with zero attached hydrogens (tertiary/aromatic N) is 1. The Labute approximate surface area is 186 Å². The maximum atomic E-state index is 13.6. The van der Waals surface area contributed by atoms with Crippen molar-refractivity contribution in [3.8, 4) is 0 Å². The lowest BCUT2D eigenvalue weighted by molar-refractivity contribution is -0.150. The Kier molecular flexibility index (Phi) is 6.37. The largest absolute Gasteiger partial charge is 0.479 e. The summed E-state index contributed by atoms with van der Waals surface area (Å²) in [6.07, 6.45) is -4.70. The first-order chi connectivity index (χ1) is 14.9. The van der Waals surface area contributed by atoms with Crippen LogP contribution in [-0.2, 0) is 15.8 Å². The number of carbonyl (C=O) groups excluding carboxylic acids is 2. The van der Waals surface area contributed by atoms with Crippen molar-refractivity contribution in [1.29, 1.82) is 0 Å². The molecule has 1 aliphatic heterocycles. The molecule has 0 saturated carbocycles. The highest BCUT2D eigenvalue weighted by Crippen LogP contribution is 2.51. The monoisotopic (exact) mass is 468 g/mol. The first kappa shape index (κ1) is 23.8. The number of carboxylic acid groups (broad SMARTS) is 1. The zero-order valence-corrected chi connectivity index (χ0v) is 18.2. The Hall–Kier alpha value is -2.88. The van der Waals surface area contributed by atoms with Gasteiger partial charge >= 0.3 is 12.1 Å². The van der Waals surface area contributed by atoms with Gasteiger partial charge in [-0.25, -0.2) is 4.79 Å². The van der Waals surface area contributed by atoms with Crippen molar-refractivity contribution in [2.45, 2.75) is 44.4 Å². The van der Waals surface area contributed by atoms with Crippen LogP contribution in [0.4, 0.5) is 13.2 Å². The molecule has 0 bridgehead atoms. The van der Waals surface area contributed by atoms with Crippen molar-refractivity contribution in [2.75, 3.05) is 0 Å². The second-order valence-electron chi connectivity index (χ2n) is 8.36. The van der Waals surface area contributed by atoms with E-state index in [2.05, 4.69) is 0 Å². The van der Waals surface area contributed by atoms with Gasteiger partial charge in [-0.1, -0.05) is 19.9 Å². The van der Waals surface area contributed by atoms with E-state index in [1.54, 1.807) is 31.4 Å². The molecule has 1 aliphatic rings. The van der Waals surface area contributed by atoms with Crippen LogP contribution in [-0.4, -0.2) is 33.3 Å². The van der Waals surface area contributed by atoms with Crippen molar-refractivity contribution in [3.63, 3.8) is 0 Å². The number of benzene rings is 1. The van der Waals surface area contributed by atoms with Crippen LogP contribution in [0, 0.1) is 11.8 Å². The molecule has 0 unspecified atom stereocenters. The third-order valence-corrected chi connectivity index (χ3v) is 6.64. The van der Waals surface area contributed by atoms with Crippen LogP contribution >= 0.6 is 11.3 Å². The molecule has 2 heterocycles. The van der Waals surface area contributed by atoms with Crippen molar-refractivity contribution in [3.05, 3.63) is 57.8 Å². The summed E-state index contributed by atoms with van der Waals surface area (Å²) in [6.45, 7) is 3.59. The van der Waals surface area contributed by atoms with Gasteiger partial charge in [-0.3, -0.25) is 9.59 Å². The second kappa shape index (κ2) is 8.57. The molecule has 3 atom stereocenters. The van der Waals surface area contributed by atoms with Gasteiger partial charge in [-0.05, 0) is 54.5 Å². The number of carbonyl (C=O) groups is 3. The predicted molar refractivity (Wildman–Crippen MR) is 112 cm³/mol. The average molecular weight is 468 g/mol. The second-order valence-corrected chi connectivity index (χ2v) is 9.34. The van der Waals surface area contributed by atoms with Gasteiger partial charge in [0.1, 0.15) is 5.54 Å². The highest BCUT2D eigenvalue weighted by atomic mass is 32.1. The van der Waals surface area contributed by atoms with E-state index in [-0.39, 0.29) is 24.3 Å². The van der Waals surface area contributed by atoms with Crippen molar-refractivity contribution < 1.29 is 32.7 Å². The summed E-state index contributed by atoms with van der Waals surface area (Å²) in [7, 11) is 0. The minimum absolute atomic E-state index is 0.0559. The molecule has 3 rings (SSSR count). The molecule has 3 N–H and O–H groups in total. The molecule has 0 radical (unpaired) electrons. The van der Waals surface area contributed by atoms with Crippen molar-refractivity contribution in [1.82, 2.24) is 4.90 Å². The van der Waals surface area contributed by atoms with Gasteiger partial charge in [0.15, 0.2) is 0 Å². The van der Waals surface area contributed by atoms with Gasteiger partial charge < -0.3 is 15.7 Å². The molecule has 0 aliphatic carbocycles. The van der Waals surface area contributed by atoms with Gasteiger partial charge in [0.2, 0.25) is 5.91 Å². The van der Waals surface area contributed by atoms with E-state index >= 15 is 0 Å². The lowest BCUT2D eigenvalue weighted by Gasteiger charge is -2.39. The molecule has 2 amide bonds. The summed E-state index contributed by atoms with van der Waals surface area (Å²) in [5, 5.41) is 12.0. The number of amides is 2. The van der Waals surface area contributed by atoms with Crippen molar-refractivity contribution in [2.24, 2.45) is 17.6 Å². The number of carboxylic acids is 1. The summed E-state index contributed by atoms with van der Waals surface area (Å²) in [5.41, 5.74) is 2.87. The fraction of sp³-hybridized carbons (Fsp3) is 0.409. The van der Waals surface area contributed by atoms with Crippen LogP contribution < -0.4 is 5.73 Å². The highest BCUT2D eigenvalue weighted by Gasteiger charge is 2.60. The maximum absolute atomic E-state index is 13.6. The van der Waals surface area contributed by atoms with E-state index in [0.717, 1.165) is 29.2 Å². The number of nitrogens with two attached hydrogens (primary N) is 1. The molecule has 6 nitrogen and oxygen atoms in total. The number of likely N-dealkylation sites (tertiary alicyclic amines) is 1. The molecular formula is C22H23F3N2O4S. The molecule has 172 valence electrons. The van der Waals surface area contributed by atoms with Gasteiger partial charge in [0, 0.05) is 10.4 Å². The number of aliphatic carboxylic acids is 1. The zero-order chi connectivity index (χ0) is 23.8. The van der Waals surface area contributed by atoms with E-state index in [9.17, 15) is 32.7 Å². The molecular weight excluding hydrogens is 445 g/mol. The van der Waals surface area contributed by atoms with Gasteiger partial charge in [-0.15, -0.1) is 11.3 Å². The molecule has 1 aromatic heterocycles. The fourth-order valence-electron chi connectivity index (χ4n) is 4.46. The summed E-state index contributed by atoms with van der Waals surface area (Å²) >= 11 is 1.25. The highest BCUT2D eigenvalue weighted by molar-refractivity contribution is 7.10. The van der Waals surface area contributed by atoms with Crippen LogP contribution in [0.1, 0.15) is 53.5 Å². The van der Waals surface area contributed by atoms with Crippen LogP contribution in [0.15, 0.2) is 41.8 Å². The van der Waals surface area contributed by atoms with Crippen molar-refractivity contribution >= 4 is 29.1 Å². The molecule has 32 heavy (non-hydrogen) atoms. The van der Waals surface area contributed by atoms with Crippen LogP contribution in [0.25, 0.3) is 0 Å².